The van der Waals surface area contributed by atoms with E-state index in [9.17, 15) is 0 Å². The summed E-state index contributed by atoms with van der Waals surface area (Å²) >= 11 is 6.67. The van der Waals surface area contributed by atoms with E-state index in [0.29, 0.717) is 5.38 Å². The molecule has 5 atom stereocenters. The SMILES string of the molecule is ClC(Cc1ccccc1)C1C2C3CCC(C3)C12. The molecule has 0 radical (unpaired) electrons. The smallest absolute Gasteiger partial charge is 0.0410 e. The molecule has 0 amide bonds. The van der Waals surface area contributed by atoms with Crippen molar-refractivity contribution in [3.05, 3.63) is 35.9 Å². The lowest BCUT2D eigenvalue weighted by molar-refractivity contribution is 0.449. The maximum atomic E-state index is 6.67. The van der Waals surface area contributed by atoms with Crippen LogP contribution in [0, 0.1) is 29.6 Å². The van der Waals surface area contributed by atoms with Crippen LogP contribution in [0.4, 0.5) is 0 Å². The zero-order valence-electron chi connectivity index (χ0n) is 10.1. The molecule has 1 aromatic carbocycles. The topological polar surface area (TPSA) is 0 Å². The lowest BCUT2D eigenvalue weighted by Gasteiger charge is -2.14. The number of benzene rings is 1. The van der Waals surface area contributed by atoms with Gasteiger partial charge in [-0.15, -0.1) is 11.6 Å². The highest BCUT2D eigenvalue weighted by atomic mass is 35.5. The van der Waals surface area contributed by atoms with Gasteiger partial charge in [0.15, 0.2) is 0 Å². The normalized spacial score (nSPS) is 43.5. The molecule has 4 rings (SSSR count). The summed E-state index contributed by atoms with van der Waals surface area (Å²) in [6.45, 7) is 0. The van der Waals surface area contributed by atoms with Gasteiger partial charge in [0.1, 0.15) is 0 Å². The van der Waals surface area contributed by atoms with Gasteiger partial charge in [0, 0.05) is 5.38 Å². The van der Waals surface area contributed by atoms with Gasteiger partial charge < -0.3 is 0 Å². The molecular weight excluding hydrogens is 228 g/mol. The fourth-order valence-corrected chi connectivity index (χ4v) is 5.37. The molecule has 90 valence electrons. The van der Waals surface area contributed by atoms with Gasteiger partial charge in [-0.3, -0.25) is 0 Å². The summed E-state index contributed by atoms with van der Waals surface area (Å²) in [4.78, 5) is 0. The predicted octanol–water partition coefficient (Wildman–Crippen LogP) is 4.13. The summed E-state index contributed by atoms with van der Waals surface area (Å²) < 4.78 is 0. The minimum atomic E-state index is 0.385. The first-order chi connectivity index (χ1) is 8.34. The van der Waals surface area contributed by atoms with E-state index in [1.54, 1.807) is 0 Å². The Morgan fingerprint density at radius 2 is 1.71 bits per heavy atom. The van der Waals surface area contributed by atoms with Gasteiger partial charge in [-0.25, -0.2) is 0 Å². The van der Waals surface area contributed by atoms with Crippen LogP contribution in [0.15, 0.2) is 30.3 Å². The molecule has 0 aliphatic heterocycles. The molecule has 2 bridgehead atoms. The van der Waals surface area contributed by atoms with E-state index in [2.05, 4.69) is 30.3 Å². The van der Waals surface area contributed by atoms with E-state index in [1.165, 1.54) is 24.8 Å². The Morgan fingerprint density at radius 1 is 1.06 bits per heavy atom. The first kappa shape index (κ1) is 10.4. The van der Waals surface area contributed by atoms with Gasteiger partial charge in [0.2, 0.25) is 0 Å². The van der Waals surface area contributed by atoms with Gasteiger partial charge in [-0.05, 0) is 60.8 Å². The minimum absolute atomic E-state index is 0.385. The Labute approximate surface area is 108 Å². The van der Waals surface area contributed by atoms with E-state index in [4.69, 9.17) is 11.6 Å². The van der Waals surface area contributed by atoms with Crippen molar-refractivity contribution in [1.82, 2.24) is 0 Å². The highest BCUT2D eigenvalue weighted by Crippen LogP contribution is 2.71. The van der Waals surface area contributed by atoms with Gasteiger partial charge in [-0.2, -0.15) is 0 Å². The number of alkyl halides is 1. The first-order valence-corrected chi connectivity index (χ1v) is 7.46. The first-order valence-electron chi connectivity index (χ1n) is 7.02. The molecule has 0 N–H and O–H groups in total. The molecule has 3 aliphatic carbocycles. The number of rotatable bonds is 3. The number of hydrogen-bond donors (Lipinski definition) is 0. The molecule has 5 unspecified atom stereocenters. The molecule has 1 heteroatoms. The molecule has 1 aromatic rings. The lowest BCUT2D eigenvalue weighted by atomic mass is 9.97. The Morgan fingerprint density at radius 3 is 2.35 bits per heavy atom. The van der Waals surface area contributed by atoms with Crippen molar-refractivity contribution in [2.24, 2.45) is 29.6 Å². The summed E-state index contributed by atoms with van der Waals surface area (Å²) in [5.74, 6) is 4.97. The largest absolute Gasteiger partial charge is 0.122 e. The Balaban J connectivity index is 1.44. The second-order valence-electron chi connectivity index (χ2n) is 6.27. The van der Waals surface area contributed by atoms with Crippen LogP contribution in [0.1, 0.15) is 24.8 Å². The van der Waals surface area contributed by atoms with Gasteiger partial charge in [-0.1, -0.05) is 30.3 Å². The van der Waals surface area contributed by atoms with Crippen LogP contribution in [-0.2, 0) is 6.42 Å². The third-order valence-electron chi connectivity index (χ3n) is 5.49. The van der Waals surface area contributed by atoms with Crippen LogP contribution in [0.5, 0.6) is 0 Å². The molecule has 0 nitrogen and oxygen atoms in total. The Hall–Kier alpha value is -0.490. The highest BCUT2D eigenvalue weighted by Gasteiger charge is 2.66. The summed E-state index contributed by atoms with van der Waals surface area (Å²) in [6.07, 6.45) is 5.59. The summed E-state index contributed by atoms with van der Waals surface area (Å²) in [7, 11) is 0. The van der Waals surface area contributed by atoms with E-state index in [-0.39, 0.29) is 0 Å². The minimum Gasteiger partial charge on any atom is -0.122 e. The molecule has 0 saturated heterocycles. The van der Waals surface area contributed by atoms with Crippen molar-refractivity contribution < 1.29 is 0 Å². The monoisotopic (exact) mass is 246 g/mol. The summed E-state index contributed by atoms with van der Waals surface area (Å²) in [5, 5.41) is 0.385. The Bertz CT molecular complexity index is 397. The predicted molar refractivity (Wildman–Crippen MR) is 71.1 cm³/mol. The molecule has 3 aliphatic rings. The summed E-state index contributed by atoms with van der Waals surface area (Å²) in [5.41, 5.74) is 1.41. The number of halogens is 1. The number of fused-ring (bicyclic) bond motifs is 5. The number of hydrogen-bond acceptors (Lipinski definition) is 0. The molecule has 0 heterocycles. The fraction of sp³-hybridized carbons (Fsp3) is 0.625. The van der Waals surface area contributed by atoms with Crippen molar-refractivity contribution in [2.45, 2.75) is 31.1 Å². The van der Waals surface area contributed by atoms with Crippen LogP contribution < -0.4 is 0 Å². The third-order valence-corrected chi connectivity index (χ3v) is 5.93. The van der Waals surface area contributed by atoms with Crippen LogP contribution >= 0.6 is 11.6 Å². The molecular formula is C16H19Cl. The van der Waals surface area contributed by atoms with Crippen molar-refractivity contribution in [3.63, 3.8) is 0 Å². The quantitative estimate of drug-likeness (QED) is 0.704. The average Bonchev–Trinajstić information content (AvgIpc) is 2.80. The highest BCUT2D eigenvalue weighted by molar-refractivity contribution is 6.21. The van der Waals surface area contributed by atoms with Gasteiger partial charge >= 0.3 is 0 Å². The second-order valence-corrected chi connectivity index (χ2v) is 6.83. The van der Waals surface area contributed by atoms with Crippen LogP contribution in [-0.4, -0.2) is 5.38 Å². The molecule has 3 fully saturated rings. The van der Waals surface area contributed by atoms with Crippen LogP contribution in [0.2, 0.25) is 0 Å². The zero-order valence-corrected chi connectivity index (χ0v) is 10.8. The van der Waals surface area contributed by atoms with Gasteiger partial charge in [0.05, 0.1) is 0 Å². The van der Waals surface area contributed by atoms with E-state index in [1.807, 2.05) is 0 Å². The lowest BCUT2D eigenvalue weighted by Crippen LogP contribution is -2.12. The molecule has 3 saturated carbocycles. The standard InChI is InChI=1S/C16H19Cl/c17-13(8-10-4-2-1-3-5-10)16-14-11-6-7-12(9-11)15(14)16/h1-5,11-16H,6-9H2. The zero-order chi connectivity index (χ0) is 11.4. The van der Waals surface area contributed by atoms with Crippen LogP contribution in [0.3, 0.4) is 0 Å². The fourth-order valence-electron chi connectivity index (χ4n) is 4.85. The van der Waals surface area contributed by atoms with E-state index >= 15 is 0 Å². The van der Waals surface area contributed by atoms with Crippen molar-refractivity contribution in [1.29, 1.82) is 0 Å². The van der Waals surface area contributed by atoms with Crippen molar-refractivity contribution in [3.8, 4) is 0 Å². The van der Waals surface area contributed by atoms with Gasteiger partial charge in [0.25, 0.3) is 0 Å². The van der Waals surface area contributed by atoms with Crippen molar-refractivity contribution in [2.75, 3.05) is 0 Å². The maximum Gasteiger partial charge on any atom is 0.0410 e. The van der Waals surface area contributed by atoms with E-state index < -0.39 is 0 Å². The maximum absolute atomic E-state index is 6.67. The third kappa shape index (κ3) is 1.57. The van der Waals surface area contributed by atoms with Crippen LogP contribution in [0.25, 0.3) is 0 Å². The Kier molecular flexibility index (Phi) is 2.30. The van der Waals surface area contributed by atoms with Crippen molar-refractivity contribution >= 4 is 11.6 Å². The molecule has 17 heavy (non-hydrogen) atoms. The molecule has 0 spiro atoms. The second kappa shape index (κ2) is 3.75. The molecule has 0 aromatic heterocycles. The van der Waals surface area contributed by atoms with E-state index in [0.717, 1.165) is 36.0 Å². The summed E-state index contributed by atoms with van der Waals surface area (Å²) in [6, 6.07) is 10.7. The average molecular weight is 247 g/mol.